The van der Waals surface area contributed by atoms with Gasteiger partial charge in [-0.05, 0) is 24.3 Å². The number of hydrogen-bond donors (Lipinski definition) is 1. The Kier molecular flexibility index (Phi) is 3.82. The summed E-state index contributed by atoms with van der Waals surface area (Å²) in [4.78, 5) is 12.0. The number of carbonyl (C=O) groups excluding carboxylic acids is 1. The van der Waals surface area contributed by atoms with Crippen LogP contribution in [-0.2, 0) is 18.4 Å². The highest BCUT2D eigenvalue weighted by molar-refractivity contribution is 5.90. The Labute approximate surface area is 128 Å². The molecule has 6 nitrogen and oxygen atoms in total. The molecule has 3 rings (SSSR count). The number of ether oxygens (including phenoxy) is 1. The minimum absolute atomic E-state index is 0.0247. The first kappa shape index (κ1) is 14.2. The van der Waals surface area contributed by atoms with Crippen LogP contribution in [0.4, 0.5) is 5.69 Å². The quantitative estimate of drug-likeness (QED) is 0.787. The summed E-state index contributed by atoms with van der Waals surface area (Å²) in [6, 6.07) is 7.94. The summed E-state index contributed by atoms with van der Waals surface area (Å²) in [5.41, 5.74) is 1.81. The highest BCUT2D eigenvalue weighted by atomic mass is 16.5. The molecule has 0 unspecified atom stereocenters. The summed E-state index contributed by atoms with van der Waals surface area (Å²) in [6.07, 6.45) is 5.80. The van der Waals surface area contributed by atoms with Gasteiger partial charge in [0.25, 0.3) is 0 Å². The lowest BCUT2D eigenvalue weighted by Crippen LogP contribution is -2.13. The van der Waals surface area contributed by atoms with Gasteiger partial charge in [-0.15, -0.1) is 0 Å². The van der Waals surface area contributed by atoms with Crippen molar-refractivity contribution in [2.45, 2.75) is 13.0 Å². The lowest BCUT2D eigenvalue weighted by Gasteiger charge is -2.06. The SMILES string of the molecule is COc1ccc2c(ccn2CCC(=O)Nc2cnn(C)c2)c1. The smallest absolute Gasteiger partial charge is 0.226 e. The molecular formula is C16H18N4O2. The van der Waals surface area contributed by atoms with Crippen LogP contribution in [0.1, 0.15) is 6.42 Å². The van der Waals surface area contributed by atoms with Gasteiger partial charge in [0.2, 0.25) is 5.91 Å². The predicted molar refractivity (Wildman–Crippen MR) is 84.9 cm³/mol. The predicted octanol–water partition coefficient (Wildman–Crippen LogP) is 2.41. The van der Waals surface area contributed by atoms with Crippen LogP contribution in [0.3, 0.4) is 0 Å². The topological polar surface area (TPSA) is 61.1 Å². The number of amides is 1. The van der Waals surface area contributed by atoms with Gasteiger partial charge >= 0.3 is 0 Å². The molecule has 0 spiro atoms. The zero-order chi connectivity index (χ0) is 15.5. The fraction of sp³-hybridized carbons (Fsp3) is 0.250. The minimum Gasteiger partial charge on any atom is -0.497 e. The van der Waals surface area contributed by atoms with Gasteiger partial charge in [0, 0.05) is 43.3 Å². The van der Waals surface area contributed by atoms with Crippen LogP contribution in [0, 0.1) is 0 Å². The largest absolute Gasteiger partial charge is 0.497 e. The van der Waals surface area contributed by atoms with E-state index in [1.54, 1.807) is 24.2 Å². The third-order valence-electron chi connectivity index (χ3n) is 3.55. The lowest BCUT2D eigenvalue weighted by atomic mass is 10.2. The van der Waals surface area contributed by atoms with Crippen LogP contribution >= 0.6 is 0 Å². The zero-order valence-electron chi connectivity index (χ0n) is 12.6. The molecule has 2 heterocycles. The van der Waals surface area contributed by atoms with Crippen molar-refractivity contribution >= 4 is 22.5 Å². The Morgan fingerprint density at radius 3 is 2.95 bits per heavy atom. The fourth-order valence-electron chi connectivity index (χ4n) is 2.43. The third-order valence-corrected chi connectivity index (χ3v) is 3.55. The van der Waals surface area contributed by atoms with Crippen molar-refractivity contribution in [2.75, 3.05) is 12.4 Å². The number of nitrogens with one attached hydrogen (secondary N) is 1. The maximum absolute atomic E-state index is 12.0. The van der Waals surface area contributed by atoms with E-state index >= 15 is 0 Å². The van der Waals surface area contributed by atoms with Gasteiger partial charge in [0.05, 0.1) is 19.0 Å². The van der Waals surface area contributed by atoms with E-state index in [0.29, 0.717) is 13.0 Å². The van der Waals surface area contributed by atoms with Crippen molar-refractivity contribution in [3.8, 4) is 5.75 Å². The van der Waals surface area contributed by atoms with E-state index in [2.05, 4.69) is 15.0 Å². The molecule has 0 aliphatic carbocycles. The van der Waals surface area contributed by atoms with E-state index in [0.717, 1.165) is 22.3 Å². The molecule has 0 aliphatic heterocycles. The summed E-state index contributed by atoms with van der Waals surface area (Å²) >= 11 is 0. The molecule has 0 radical (unpaired) electrons. The highest BCUT2D eigenvalue weighted by Gasteiger charge is 2.07. The molecule has 6 heteroatoms. The van der Waals surface area contributed by atoms with Crippen LogP contribution in [0.15, 0.2) is 42.9 Å². The zero-order valence-corrected chi connectivity index (χ0v) is 12.6. The minimum atomic E-state index is -0.0247. The monoisotopic (exact) mass is 298 g/mol. The summed E-state index contributed by atoms with van der Waals surface area (Å²) in [5.74, 6) is 0.808. The molecule has 0 aliphatic rings. The molecule has 1 aromatic carbocycles. The second-order valence-electron chi connectivity index (χ2n) is 5.13. The van der Waals surface area contributed by atoms with Crippen LogP contribution in [0.25, 0.3) is 10.9 Å². The Morgan fingerprint density at radius 1 is 1.36 bits per heavy atom. The molecule has 0 fully saturated rings. The first-order valence-corrected chi connectivity index (χ1v) is 7.07. The number of carbonyl (C=O) groups is 1. The van der Waals surface area contributed by atoms with Gasteiger partial charge < -0.3 is 14.6 Å². The molecule has 0 atom stereocenters. The van der Waals surface area contributed by atoms with Crippen molar-refractivity contribution in [3.05, 3.63) is 42.9 Å². The Balaban J connectivity index is 1.65. The highest BCUT2D eigenvalue weighted by Crippen LogP contribution is 2.22. The first-order valence-electron chi connectivity index (χ1n) is 7.07. The Bertz CT molecular complexity index is 803. The number of aryl methyl sites for hydroxylation is 2. The van der Waals surface area contributed by atoms with E-state index in [1.807, 2.05) is 37.5 Å². The maximum Gasteiger partial charge on any atom is 0.226 e. The maximum atomic E-state index is 12.0. The standard InChI is InChI=1S/C16H18N4O2/c1-19-11-13(10-17-19)18-16(21)6-8-20-7-5-12-9-14(22-2)3-4-15(12)20/h3-5,7,9-11H,6,8H2,1-2H3,(H,18,21). The summed E-state index contributed by atoms with van der Waals surface area (Å²) in [6.45, 7) is 0.627. The normalized spacial score (nSPS) is 10.8. The van der Waals surface area contributed by atoms with Crippen LogP contribution in [-0.4, -0.2) is 27.4 Å². The van der Waals surface area contributed by atoms with E-state index < -0.39 is 0 Å². The number of rotatable bonds is 5. The van der Waals surface area contributed by atoms with Crippen LogP contribution in [0.5, 0.6) is 5.75 Å². The number of anilines is 1. The van der Waals surface area contributed by atoms with E-state index in [-0.39, 0.29) is 5.91 Å². The molecule has 3 aromatic rings. The van der Waals surface area contributed by atoms with Crippen molar-refractivity contribution in [3.63, 3.8) is 0 Å². The number of hydrogen-bond acceptors (Lipinski definition) is 3. The lowest BCUT2D eigenvalue weighted by molar-refractivity contribution is -0.116. The molecule has 1 N–H and O–H groups in total. The van der Waals surface area contributed by atoms with Gasteiger partial charge in [-0.25, -0.2) is 0 Å². The molecule has 114 valence electrons. The molecule has 22 heavy (non-hydrogen) atoms. The van der Waals surface area contributed by atoms with Crippen LogP contribution < -0.4 is 10.1 Å². The number of benzene rings is 1. The van der Waals surface area contributed by atoms with Gasteiger partial charge in [-0.2, -0.15) is 5.10 Å². The number of aromatic nitrogens is 3. The average Bonchev–Trinajstić information content (AvgIpc) is 3.10. The Hall–Kier alpha value is -2.76. The van der Waals surface area contributed by atoms with E-state index in [9.17, 15) is 4.79 Å². The van der Waals surface area contributed by atoms with Gasteiger partial charge in [-0.3, -0.25) is 9.48 Å². The summed E-state index contributed by atoms with van der Waals surface area (Å²) in [5, 5.41) is 7.96. The number of nitrogens with zero attached hydrogens (tertiary/aromatic N) is 3. The number of fused-ring (bicyclic) bond motifs is 1. The molecule has 0 saturated carbocycles. The van der Waals surface area contributed by atoms with Gasteiger partial charge in [-0.1, -0.05) is 0 Å². The van der Waals surface area contributed by atoms with E-state index in [1.165, 1.54) is 0 Å². The molecule has 0 bridgehead atoms. The number of methoxy groups -OCH3 is 1. The summed E-state index contributed by atoms with van der Waals surface area (Å²) < 4.78 is 8.94. The Morgan fingerprint density at radius 2 is 2.23 bits per heavy atom. The second kappa shape index (κ2) is 5.93. The van der Waals surface area contributed by atoms with Crippen molar-refractivity contribution < 1.29 is 9.53 Å². The molecule has 0 saturated heterocycles. The van der Waals surface area contributed by atoms with E-state index in [4.69, 9.17) is 4.74 Å². The van der Waals surface area contributed by atoms with Gasteiger partial charge in [0.15, 0.2) is 0 Å². The average molecular weight is 298 g/mol. The fourth-order valence-corrected chi connectivity index (χ4v) is 2.43. The molecule has 1 amide bonds. The molecular weight excluding hydrogens is 280 g/mol. The molecule has 2 aromatic heterocycles. The first-order chi connectivity index (χ1) is 10.7. The van der Waals surface area contributed by atoms with Crippen LogP contribution in [0.2, 0.25) is 0 Å². The summed E-state index contributed by atoms with van der Waals surface area (Å²) in [7, 11) is 3.47. The van der Waals surface area contributed by atoms with Gasteiger partial charge in [0.1, 0.15) is 5.75 Å². The van der Waals surface area contributed by atoms with Crippen molar-refractivity contribution in [2.24, 2.45) is 7.05 Å². The van der Waals surface area contributed by atoms with Crippen molar-refractivity contribution in [1.82, 2.24) is 14.3 Å². The second-order valence-corrected chi connectivity index (χ2v) is 5.13. The van der Waals surface area contributed by atoms with Crippen molar-refractivity contribution in [1.29, 1.82) is 0 Å². The third kappa shape index (κ3) is 2.95.